The minimum absolute atomic E-state index is 0.171. The number of hydrogen-bond donors (Lipinski definition) is 2. The third-order valence-corrected chi connectivity index (χ3v) is 7.86. The Kier molecular flexibility index (Phi) is 7.33. The lowest BCUT2D eigenvalue weighted by molar-refractivity contribution is -0.883. The van der Waals surface area contributed by atoms with E-state index in [4.69, 9.17) is 4.74 Å². The minimum atomic E-state index is -3.65. The van der Waals surface area contributed by atoms with Gasteiger partial charge >= 0.3 is 0 Å². The van der Waals surface area contributed by atoms with E-state index >= 15 is 0 Å². The summed E-state index contributed by atoms with van der Waals surface area (Å²) in [5.74, 6) is 0.789. The fourth-order valence-corrected chi connectivity index (χ4v) is 5.25. The Morgan fingerprint density at radius 3 is 2.60 bits per heavy atom. The molecule has 2 heterocycles. The molecule has 8 nitrogen and oxygen atoms in total. The zero-order valence-electron chi connectivity index (χ0n) is 17.5. The van der Waals surface area contributed by atoms with Gasteiger partial charge in [-0.2, -0.15) is 4.31 Å². The maximum Gasteiger partial charge on any atom is 0.265 e. The summed E-state index contributed by atoms with van der Waals surface area (Å²) in [6.45, 7) is 6.86. The van der Waals surface area contributed by atoms with Crippen LogP contribution in [0.3, 0.4) is 0 Å². The van der Waals surface area contributed by atoms with Gasteiger partial charge < -0.3 is 14.6 Å². The van der Waals surface area contributed by atoms with E-state index in [2.05, 4.69) is 32.9 Å². The summed E-state index contributed by atoms with van der Waals surface area (Å²) in [6, 6.07) is 4.76. The highest BCUT2D eigenvalue weighted by Crippen LogP contribution is 2.32. The van der Waals surface area contributed by atoms with Crippen molar-refractivity contribution in [1.82, 2.24) is 14.3 Å². The third-order valence-electron chi connectivity index (χ3n) is 5.15. The molecule has 164 valence electrons. The molecule has 30 heavy (non-hydrogen) atoms. The van der Waals surface area contributed by atoms with Gasteiger partial charge in [-0.1, -0.05) is 13.8 Å². The van der Waals surface area contributed by atoms with Crippen molar-refractivity contribution in [2.75, 3.05) is 39.8 Å². The Balaban J connectivity index is 2.09. The van der Waals surface area contributed by atoms with Crippen LogP contribution in [0.1, 0.15) is 26.0 Å². The van der Waals surface area contributed by atoms with Crippen LogP contribution in [-0.4, -0.2) is 62.5 Å². The van der Waals surface area contributed by atoms with Crippen LogP contribution in [0, 0.1) is 0 Å². The summed E-state index contributed by atoms with van der Waals surface area (Å²) in [5, 5.41) is 0. The number of ether oxygens (including phenoxy) is 1. The first-order valence-electron chi connectivity index (χ1n) is 10.1. The second-order valence-electron chi connectivity index (χ2n) is 7.40. The van der Waals surface area contributed by atoms with Crippen LogP contribution in [0.5, 0.6) is 5.75 Å². The predicted molar refractivity (Wildman–Crippen MR) is 119 cm³/mol. The molecule has 0 saturated carbocycles. The van der Waals surface area contributed by atoms with Crippen LogP contribution < -0.4 is 15.2 Å². The highest BCUT2D eigenvalue weighted by molar-refractivity contribution is 9.10. The van der Waals surface area contributed by atoms with Crippen molar-refractivity contribution in [3.05, 3.63) is 38.7 Å². The van der Waals surface area contributed by atoms with Crippen molar-refractivity contribution in [3.63, 3.8) is 0 Å². The summed E-state index contributed by atoms with van der Waals surface area (Å²) in [4.78, 5) is 21.1. The minimum Gasteiger partial charge on any atom is -0.493 e. The molecule has 1 aliphatic heterocycles. The van der Waals surface area contributed by atoms with Gasteiger partial charge in [-0.3, -0.25) is 4.79 Å². The van der Waals surface area contributed by atoms with E-state index in [9.17, 15) is 13.2 Å². The summed E-state index contributed by atoms with van der Waals surface area (Å²) in [5.41, 5.74) is 0.752. The van der Waals surface area contributed by atoms with Gasteiger partial charge in [0.1, 0.15) is 16.0 Å². The molecule has 0 radical (unpaired) electrons. The maximum absolute atomic E-state index is 13.2. The molecule has 1 fully saturated rings. The summed E-state index contributed by atoms with van der Waals surface area (Å²) in [7, 11) is -1.59. The number of hydrogen-bond acceptors (Lipinski definition) is 5. The second kappa shape index (κ2) is 9.59. The van der Waals surface area contributed by atoms with E-state index in [0.29, 0.717) is 53.4 Å². The smallest absolute Gasteiger partial charge is 0.265 e. The van der Waals surface area contributed by atoms with Gasteiger partial charge in [0.2, 0.25) is 10.0 Å². The number of nitrogens with zero attached hydrogens (tertiary/aromatic N) is 2. The van der Waals surface area contributed by atoms with Gasteiger partial charge in [0.15, 0.2) is 0 Å². The molecule has 1 saturated heterocycles. The Hall–Kier alpha value is -1.75. The number of piperazine rings is 1. The van der Waals surface area contributed by atoms with Crippen LogP contribution in [0.2, 0.25) is 0 Å². The fourth-order valence-electron chi connectivity index (χ4n) is 3.32. The fraction of sp³-hybridized carbons (Fsp3) is 0.500. The molecule has 1 aliphatic rings. The lowest BCUT2D eigenvalue weighted by Crippen LogP contribution is -3.12. The summed E-state index contributed by atoms with van der Waals surface area (Å²) >= 11 is 3.27. The number of sulfonamides is 1. The van der Waals surface area contributed by atoms with Gasteiger partial charge in [0.05, 0.1) is 56.0 Å². The lowest BCUT2D eigenvalue weighted by atomic mass is 10.1. The van der Waals surface area contributed by atoms with Gasteiger partial charge in [-0.15, -0.1) is 0 Å². The number of rotatable bonds is 7. The van der Waals surface area contributed by atoms with Gasteiger partial charge in [-0.25, -0.2) is 13.4 Å². The Morgan fingerprint density at radius 1 is 1.27 bits per heavy atom. The molecule has 3 rings (SSSR count). The highest BCUT2D eigenvalue weighted by atomic mass is 79.9. The number of quaternary nitrogens is 1. The molecule has 10 heteroatoms. The molecule has 2 aromatic rings. The van der Waals surface area contributed by atoms with E-state index in [1.807, 2.05) is 13.8 Å². The first-order valence-corrected chi connectivity index (χ1v) is 12.4. The maximum atomic E-state index is 13.2. The van der Waals surface area contributed by atoms with Crippen molar-refractivity contribution >= 4 is 26.0 Å². The van der Waals surface area contributed by atoms with Crippen molar-refractivity contribution in [1.29, 1.82) is 0 Å². The van der Waals surface area contributed by atoms with E-state index < -0.39 is 10.0 Å². The zero-order valence-corrected chi connectivity index (χ0v) is 19.9. The van der Waals surface area contributed by atoms with Crippen molar-refractivity contribution in [2.45, 2.75) is 31.6 Å². The molecule has 1 aromatic heterocycles. The quantitative estimate of drug-likeness (QED) is 0.593. The van der Waals surface area contributed by atoms with Crippen molar-refractivity contribution in [3.8, 4) is 17.1 Å². The van der Waals surface area contributed by atoms with Crippen molar-refractivity contribution < 1.29 is 18.1 Å². The number of likely N-dealkylation sites (N-methyl/N-ethyl adjacent to an activating group) is 1. The number of nitrogens with one attached hydrogen (secondary N) is 2. The zero-order chi connectivity index (χ0) is 21.9. The Bertz CT molecular complexity index is 1060. The van der Waals surface area contributed by atoms with Crippen LogP contribution in [0.25, 0.3) is 11.4 Å². The van der Waals surface area contributed by atoms with E-state index in [-0.39, 0.29) is 10.5 Å². The molecule has 0 spiro atoms. The number of aromatic nitrogens is 2. The van der Waals surface area contributed by atoms with Crippen LogP contribution in [-0.2, 0) is 16.4 Å². The largest absolute Gasteiger partial charge is 0.493 e. The topological polar surface area (TPSA) is 96.8 Å². The molecule has 0 unspecified atom stereocenters. The Labute approximate surface area is 185 Å². The standard InChI is InChI=1S/C20H27BrN4O4S/c1-4-12-29-17-7-6-14(30(27,28)25-10-8-24(3)9-11-25)13-15(17)19-22-16(5-2)18(21)20(26)23-19/h6-7,13H,4-5,8-12H2,1-3H3,(H,22,23,26)/p+1. The number of aryl methyl sites for hydroxylation is 1. The SMILES string of the molecule is CCCOc1ccc(S(=O)(=O)N2CC[NH+](C)CC2)cc1-c1nc(CC)c(Br)c(=O)[nH]1. The number of aromatic amines is 1. The molecular formula is C20H28BrN4O4S+. The molecule has 0 atom stereocenters. The molecule has 0 bridgehead atoms. The molecule has 0 amide bonds. The van der Waals surface area contributed by atoms with Gasteiger partial charge in [0, 0.05) is 0 Å². The summed E-state index contributed by atoms with van der Waals surface area (Å²) < 4.78 is 34.2. The van der Waals surface area contributed by atoms with E-state index in [1.165, 1.54) is 9.21 Å². The van der Waals surface area contributed by atoms with Crippen LogP contribution in [0.4, 0.5) is 0 Å². The first-order chi connectivity index (χ1) is 14.3. The molecule has 2 N–H and O–H groups in total. The van der Waals surface area contributed by atoms with E-state index in [0.717, 1.165) is 19.5 Å². The number of H-pyrrole nitrogens is 1. The van der Waals surface area contributed by atoms with Crippen LogP contribution in [0.15, 0.2) is 32.4 Å². The molecular weight excluding hydrogens is 472 g/mol. The van der Waals surface area contributed by atoms with Crippen LogP contribution >= 0.6 is 15.9 Å². The molecule has 1 aromatic carbocycles. The van der Waals surface area contributed by atoms with Gasteiger partial charge in [-0.05, 0) is 47.0 Å². The monoisotopic (exact) mass is 499 g/mol. The first kappa shape index (κ1) is 22.9. The normalized spacial score (nSPS) is 16.0. The Morgan fingerprint density at radius 2 is 1.97 bits per heavy atom. The number of halogens is 1. The third kappa shape index (κ3) is 4.77. The summed E-state index contributed by atoms with van der Waals surface area (Å²) in [6.07, 6.45) is 1.36. The lowest BCUT2D eigenvalue weighted by Gasteiger charge is -2.29. The van der Waals surface area contributed by atoms with Gasteiger partial charge in [0.25, 0.3) is 5.56 Å². The van der Waals surface area contributed by atoms with Crippen molar-refractivity contribution in [2.24, 2.45) is 0 Å². The average Bonchev–Trinajstić information content (AvgIpc) is 2.74. The molecule has 0 aliphatic carbocycles. The van der Waals surface area contributed by atoms with E-state index in [1.54, 1.807) is 18.2 Å². The number of benzene rings is 1. The highest BCUT2D eigenvalue weighted by Gasteiger charge is 2.30. The average molecular weight is 500 g/mol. The predicted octanol–water partition coefficient (Wildman–Crippen LogP) is 1.07. The second-order valence-corrected chi connectivity index (χ2v) is 10.1.